The molecule has 1 saturated carbocycles. The lowest BCUT2D eigenvalue weighted by atomic mass is 9.89. The molecule has 3 rings (SSSR count). The van der Waals surface area contributed by atoms with E-state index in [2.05, 4.69) is 15.5 Å². The molecule has 0 amide bonds. The van der Waals surface area contributed by atoms with Gasteiger partial charge < -0.3 is 0 Å². The summed E-state index contributed by atoms with van der Waals surface area (Å²) < 4.78 is 15.5. The third-order valence-electron chi connectivity index (χ3n) is 3.90. The average Bonchev–Trinajstić information content (AvgIpc) is 2.92. The quantitative estimate of drug-likeness (QED) is 0.869. The molecule has 0 spiro atoms. The van der Waals surface area contributed by atoms with E-state index >= 15 is 0 Å². The van der Waals surface area contributed by atoms with E-state index in [1.807, 2.05) is 0 Å². The molecule has 20 heavy (non-hydrogen) atoms. The molecule has 1 aliphatic carbocycles. The summed E-state index contributed by atoms with van der Waals surface area (Å²) in [6, 6.07) is 4.69. The molecule has 4 nitrogen and oxygen atoms in total. The van der Waals surface area contributed by atoms with Crippen molar-refractivity contribution in [2.75, 3.05) is 0 Å². The maximum atomic E-state index is 13.8. The molecule has 1 aromatic heterocycles. The predicted molar refractivity (Wildman–Crippen MR) is 74.2 cm³/mol. The Kier molecular flexibility index (Phi) is 3.96. The molecule has 0 saturated heterocycles. The van der Waals surface area contributed by atoms with Crippen molar-refractivity contribution in [1.29, 1.82) is 0 Å². The number of tetrazole rings is 1. The zero-order valence-electron chi connectivity index (χ0n) is 11.1. The number of aromatic nitrogens is 4. The lowest BCUT2D eigenvalue weighted by Gasteiger charge is -2.20. The van der Waals surface area contributed by atoms with Crippen molar-refractivity contribution in [3.05, 3.63) is 40.4 Å². The number of hydrogen-bond acceptors (Lipinski definition) is 3. The van der Waals surface area contributed by atoms with Crippen LogP contribution in [0, 0.1) is 5.82 Å². The zero-order valence-corrected chi connectivity index (χ0v) is 11.9. The lowest BCUT2D eigenvalue weighted by Crippen LogP contribution is -2.14. The molecule has 0 bridgehead atoms. The molecule has 0 aliphatic heterocycles. The Morgan fingerprint density at radius 2 is 2.05 bits per heavy atom. The fourth-order valence-corrected chi connectivity index (χ4v) is 3.03. The second kappa shape index (κ2) is 5.87. The van der Waals surface area contributed by atoms with Gasteiger partial charge in [0.25, 0.3) is 0 Å². The van der Waals surface area contributed by atoms with Gasteiger partial charge in [-0.15, -0.1) is 5.10 Å². The van der Waals surface area contributed by atoms with Gasteiger partial charge in [0, 0.05) is 16.5 Å². The molecule has 1 heterocycles. The van der Waals surface area contributed by atoms with Gasteiger partial charge in [0.05, 0.1) is 6.54 Å². The van der Waals surface area contributed by atoms with Gasteiger partial charge in [-0.2, -0.15) is 0 Å². The highest BCUT2D eigenvalue weighted by molar-refractivity contribution is 6.31. The monoisotopic (exact) mass is 294 g/mol. The number of halogens is 2. The third kappa shape index (κ3) is 2.68. The normalized spacial score (nSPS) is 16.5. The Morgan fingerprint density at radius 1 is 1.25 bits per heavy atom. The van der Waals surface area contributed by atoms with Crippen molar-refractivity contribution >= 4 is 11.6 Å². The molecular weight excluding hydrogens is 279 g/mol. The Morgan fingerprint density at radius 3 is 2.80 bits per heavy atom. The first-order valence-corrected chi connectivity index (χ1v) is 7.32. The molecule has 0 unspecified atom stereocenters. The van der Waals surface area contributed by atoms with Crippen LogP contribution in [0.1, 0.15) is 49.4 Å². The smallest absolute Gasteiger partial charge is 0.154 e. The van der Waals surface area contributed by atoms with Crippen LogP contribution in [0.4, 0.5) is 4.39 Å². The van der Waals surface area contributed by atoms with Crippen LogP contribution < -0.4 is 0 Å². The largest absolute Gasteiger partial charge is 0.225 e. The summed E-state index contributed by atoms with van der Waals surface area (Å²) in [7, 11) is 0. The minimum absolute atomic E-state index is 0.282. The maximum Gasteiger partial charge on any atom is 0.154 e. The summed E-state index contributed by atoms with van der Waals surface area (Å²) in [5.74, 6) is 0.913. The summed E-state index contributed by atoms with van der Waals surface area (Å²) in [6.45, 7) is 0.282. The maximum absolute atomic E-state index is 13.8. The van der Waals surface area contributed by atoms with Crippen LogP contribution in [0.15, 0.2) is 18.2 Å². The van der Waals surface area contributed by atoms with Crippen LogP contribution in [-0.4, -0.2) is 20.2 Å². The van der Waals surface area contributed by atoms with Gasteiger partial charge in [-0.05, 0) is 35.4 Å². The summed E-state index contributed by atoms with van der Waals surface area (Å²) >= 11 is 6.06. The van der Waals surface area contributed by atoms with Gasteiger partial charge in [-0.25, -0.2) is 9.07 Å². The first-order valence-electron chi connectivity index (χ1n) is 6.94. The number of nitrogens with zero attached hydrogens (tertiary/aromatic N) is 4. The van der Waals surface area contributed by atoms with E-state index in [4.69, 9.17) is 11.6 Å². The second-order valence-corrected chi connectivity index (χ2v) is 5.64. The van der Waals surface area contributed by atoms with Gasteiger partial charge in [-0.3, -0.25) is 0 Å². The Bertz CT molecular complexity index is 572. The van der Waals surface area contributed by atoms with E-state index in [9.17, 15) is 4.39 Å². The van der Waals surface area contributed by atoms with Gasteiger partial charge in [0.1, 0.15) is 5.82 Å². The van der Waals surface area contributed by atoms with Gasteiger partial charge >= 0.3 is 0 Å². The lowest BCUT2D eigenvalue weighted by molar-refractivity contribution is 0.411. The first-order chi connectivity index (χ1) is 9.75. The van der Waals surface area contributed by atoms with Crippen LogP contribution >= 0.6 is 11.6 Å². The van der Waals surface area contributed by atoms with Crippen LogP contribution in [0.3, 0.4) is 0 Å². The van der Waals surface area contributed by atoms with Gasteiger partial charge in [0.2, 0.25) is 0 Å². The van der Waals surface area contributed by atoms with Gasteiger partial charge in [-0.1, -0.05) is 36.9 Å². The van der Waals surface area contributed by atoms with Crippen molar-refractivity contribution in [2.24, 2.45) is 0 Å². The average molecular weight is 295 g/mol. The first kappa shape index (κ1) is 13.5. The van der Waals surface area contributed by atoms with Crippen LogP contribution in [0.2, 0.25) is 5.02 Å². The van der Waals surface area contributed by atoms with E-state index in [0.717, 1.165) is 18.7 Å². The van der Waals surface area contributed by atoms with Crippen LogP contribution in [0.5, 0.6) is 0 Å². The molecule has 1 aliphatic rings. The fraction of sp³-hybridized carbons (Fsp3) is 0.500. The molecule has 6 heteroatoms. The van der Waals surface area contributed by atoms with E-state index in [1.54, 1.807) is 16.8 Å². The predicted octanol–water partition coefficient (Wildman–Crippen LogP) is 3.56. The van der Waals surface area contributed by atoms with Crippen molar-refractivity contribution in [2.45, 2.75) is 44.6 Å². The summed E-state index contributed by atoms with van der Waals surface area (Å²) in [5, 5.41) is 12.3. The molecule has 1 aromatic carbocycles. The topological polar surface area (TPSA) is 43.6 Å². The van der Waals surface area contributed by atoms with E-state index < -0.39 is 0 Å². The summed E-state index contributed by atoms with van der Waals surface area (Å²) in [4.78, 5) is 0. The molecule has 106 valence electrons. The Hall–Kier alpha value is -1.49. The van der Waals surface area contributed by atoms with Crippen molar-refractivity contribution in [3.63, 3.8) is 0 Å². The molecule has 1 fully saturated rings. The fourth-order valence-electron chi connectivity index (χ4n) is 2.81. The van der Waals surface area contributed by atoms with Crippen LogP contribution in [0.25, 0.3) is 0 Å². The van der Waals surface area contributed by atoms with Crippen molar-refractivity contribution in [3.8, 4) is 0 Å². The number of benzene rings is 1. The van der Waals surface area contributed by atoms with Crippen molar-refractivity contribution in [1.82, 2.24) is 20.2 Å². The number of hydrogen-bond donors (Lipinski definition) is 0. The SMILES string of the molecule is Fc1cccc(Cl)c1Cn1nnnc1C1CCCCC1. The summed E-state index contributed by atoms with van der Waals surface area (Å²) in [5.41, 5.74) is 0.443. The van der Waals surface area contributed by atoms with Crippen LogP contribution in [-0.2, 0) is 6.54 Å². The summed E-state index contributed by atoms with van der Waals surface area (Å²) in [6.07, 6.45) is 5.89. The molecule has 2 aromatic rings. The highest BCUT2D eigenvalue weighted by atomic mass is 35.5. The highest BCUT2D eigenvalue weighted by Gasteiger charge is 2.22. The third-order valence-corrected chi connectivity index (χ3v) is 4.25. The van der Waals surface area contributed by atoms with Crippen molar-refractivity contribution < 1.29 is 4.39 Å². The molecule has 0 N–H and O–H groups in total. The van der Waals surface area contributed by atoms with E-state index in [0.29, 0.717) is 16.5 Å². The minimum atomic E-state index is -0.317. The molecular formula is C14H16ClFN4. The number of rotatable bonds is 3. The molecule has 0 atom stereocenters. The van der Waals surface area contributed by atoms with Gasteiger partial charge in [0.15, 0.2) is 5.82 Å². The highest BCUT2D eigenvalue weighted by Crippen LogP contribution is 2.31. The van der Waals surface area contributed by atoms with E-state index in [1.165, 1.54) is 25.3 Å². The Labute approximate surface area is 121 Å². The Balaban J connectivity index is 1.86. The zero-order chi connectivity index (χ0) is 13.9. The standard InChI is InChI=1S/C14H16ClFN4/c15-12-7-4-8-13(16)11(12)9-20-14(17-18-19-20)10-5-2-1-3-6-10/h4,7-8,10H,1-3,5-6,9H2. The van der Waals surface area contributed by atoms with E-state index in [-0.39, 0.29) is 12.4 Å². The molecule has 0 radical (unpaired) electrons. The second-order valence-electron chi connectivity index (χ2n) is 5.23. The minimum Gasteiger partial charge on any atom is -0.225 e.